The fraction of sp³-hybridized carbons (Fsp3) is 0.556. The Bertz CT molecular complexity index is 404. The minimum Gasteiger partial charge on any atom is -0.337 e. The van der Waals surface area contributed by atoms with E-state index in [2.05, 4.69) is 20.9 Å². The molecule has 16 heavy (non-hydrogen) atoms. The molecule has 2 rings (SSSR count). The molecule has 2 heterocycles. The third-order valence-corrected chi connectivity index (χ3v) is 4.03. The third-order valence-electron chi connectivity index (χ3n) is 2.41. The van der Waals surface area contributed by atoms with Crippen LogP contribution in [0.4, 0.5) is 8.78 Å². The third kappa shape index (κ3) is 2.10. The van der Waals surface area contributed by atoms with E-state index in [4.69, 9.17) is 0 Å². The van der Waals surface area contributed by atoms with E-state index in [1.54, 1.807) is 0 Å². The number of amides is 1. The maximum Gasteiger partial charge on any atom is 0.375 e. The number of thiazole rings is 1. The first-order valence-electron chi connectivity index (χ1n) is 4.80. The van der Waals surface area contributed by atoms with Crippen molar-refractivity contribution in [2.75, 3.05) is 13.1 Å². The summed E-state index contributed by atoms with van der Waals surface area (Å²) >= 11 is 3.79. The summed E-state index contributed by atoms with van der Waals surface area (Å²) in [7, 11) is 0. The van der Waals surface area contributed by atoms with Crippen LogP contribution in [-0.2, 0) is 10.7 Å². The summed E-state index contributed by atoms with van der Waals surface area (Å²) in [5.41, 5.74) is 0. The van der Waals surface area contributed by atoms with Gasteiger partial charge in [0.15, 0.2) is 5.01 Å². The molecule has 1 fully saturated rings. The molecular weight excluding hydrogens is 302 g/mol. The fourth-order valence-corrected chi connectivity index (χ4v) is 2.83. The minimum absolute atomic E-state index is 0.335. The van der Waals surface area contributed by atoms with Crippen molar-refractivity contribution in [3.8, 4) is 0 Å². The van der Waals surface area contributed by atoms with Crippen LogP contribution in [0.25, 0.3) is 0 Å². The zero-order valence-corrected chi connectivity index (χ0v) is 10.7. The average Bonchev–Trinajstić information content (AvgIpc) is 2.86. The van der Waals surface area contributed by atoms with E-state index in [0.29, 0.717) is 17.7 Å². The van der Waals surface area contributed by atoms with Crippen LogP contribution in [0.1, 0.15) is 17.8 Å². The molecule has 0 aliphatic carbocycles. The number of hydrogen-bond donors (Lipinski definition) is 0. The molecule has 0 unspecified atom stereocenters. The first-order chi connectivity index (χ1) is 7.51. The average molecular weight is 311 g/mol. The number of likely N-dealkylation sites (tertiary alicyclic amines) is 1. The molecule has 3 nitrogen and oxygen atoms in total. The maximum atomic E-state index is 13.8. The van der Waals surface area contributed by atoms with Gasteiger partial charge >= 0.3 is 11.8 Å². The van der Waals surface area contributed by atoms with Gasteiger partial charge in [0.05, 0.1) is 0 Å². The van der Waals surface area contributed by atoms with Crippen molar-refractivity contribution in [3.63, 3.8) is 0 Å². The molecule has 1 amide bonds. The van der Waals surface area contributed by atoms with E-state index in [1.165, 1.54) is 10.3 Å². The summed E-state index contributed by atoms with van der Waals surface area (Å²) in [5, 5.41) is 0.997. The highest BCUT2D eigenvalue weighted by atomic mass is 79.9. The summed E-state index contributed by atoms with van der Waals surface area (Å²) in [6, 6.07) is 0. The molecule has 0 atom stereocenters. The maximum absolute atomic E-state index is 13.8. The van der Waals surface area contributed by atoms with Crippen LogP contribution in [0, 0.1) is 0 Å². The van der Waals surface area contributed by atoms with Gasteiger partial charge in [-0.1, -0.05) is 0 Å². The second-order valence-corrected chi connectivity index (χ2v) is 5.22. The quantitative estimate of drug-likeness (QED) is 0.841. The summed E-state index contributed by atoms with van der Waals surface area (Å²) in [6.07, 6.45) is 1.59. The van der Waals surface area contributed by atoms with E-state index in [1.807, 2.05) is 0 Å². The van der Waals surface area contributed by atoms with Crippen LogP contribution >= 0.6 is 27.3 Å². The SMILES string of the molecule is O=C(N1CCCC1)C(F)(F)c1nc(Br)cs1. The molecule has 1 aromatic heterocycles. The predicted molar refractivity (Wildman–Crippen MR) is 59.5 cm³/mol. The Morgan fingerprint density at radius 2 is 2.12 bits per heavy atom. The number of carbonyl (C=O) groups excluding carboxylic acids is 1. The largest absolute Gasteiger partial charge is 0.375 e. The zero-order valence-electron chi connectivity index (χ0n) is 8.25. The van der Waals surface area contributed by atoms with Gasteiger partial charge in [-0.3, -0.25) is 4.79 Å². The smallest absolute Gasteiger partial charge is 0.337 e. The Morgan fingerprint density at radius 1 is 1.50 bits per heavy atom. The first kappa shape index (κ1) is 11.9. The Balaban J connectivity index is 2.20. The number of nitrogens with zero attached hydrogens (tertiary/aromatic N) is 2. The van der Waals surface area contributed by atoms with Gasteiger partial charge in [0.1, 0.15) is 4.60 Å². The van der Waals surface area contributed by atoms with Gasteiger partial charge in [-0.2, -0.15) is 8.78 Å². The second-order valence-electron chi connectivity index (χ2n) is 3.55. The van der Waals surface area contributed by atoms with Gasteiger partial charge in [0, 0.05) is 18.5 Å². The molecule has 88 valence electrons. The van der Waals surface area contributed by atoms with Gasteiger partial charge in [-0.25, -0.2) is 4.98 Å². The van der Waals surface area contributed by atoms with Gasteiger partial charge < -0.3 is 4.90 Å². The van der Waals surface area contributed by atoms with Crippen LogP contribution in [0.3, 0.4) is 0 Å². The molecule has 1 aliphatic heterocycles. The molecule has 0 spiro atoms. The minimum atomic E-state index is -3.50. The van der Waals surface area contributed by atoms with Gasteiger partial charge in [-0.15, -0.1) is 11.3 Å². The number of rotatable bonds is 2. The van der Waals surface area contributed by atoms with Crippen molar-refractivity contribution in [2.24, 2.45) is 0 Å². The fourth-order valence-electron chi connectivity index (χ4n) is 1.61. The number of halogens is 3. The number of aromatic nitrogens is 1. The summed E-state index contributed by atoms with van der Waals surface area (Å²) in [5.74, 6) is -4.63. The van der Waals surface area contributed by atoms with Crippen molar-refractivity contribution in [1.29, 1.82) is 0 Å². The second kappa shape index (κ2) is 4.37. The van der Waals surface area contributed by atoms with E-state index in [9.17, 15) is 13.6 Å². The molecule has 0 aromatic carbocycles. The topological polar surface area (TPSA) is 33.2 Å². The monoisotopic (exact) mass is 310 g/mol. The summed E-state index contributed by atoms with van der Waals surface area (Å²) < 4.78 is 27.8. The number of alkyl halides is 2. The van der Waals surface area contributed by atoms with Gasteiger partial charge in [0.25, 0.3) is 0 Å². The van der Waals surface area contributed by atoms with Crippen LogP contribution in [0.15, 0.2) is 9.98 Å². The van der Waals surface area contributed by atoms with Crippen LogP contribution < -0.4 is 0 Å². The highest BCUT2D eigenvalue weighted by Crippen LogP contribution is 2.34. The first-order valence-corrected chi connectivity index (χ1v) is 6.48. The van der Waals surface area contributed by atoms with Gasteiger partial charge in [0.2, 0.25) is 0 Å². The predicted octanol–water partition coefficient (Wildman–Crippen LogP) is 2.62. The Labute approximate surface area is 104 Å². The molecule has 0 saturated carbocycles. The zero-order chi connectivity index (χ0) is 11.8. The van der Waals surface area contributed by atoms with Crippen molar-refractivity contribution in [1.82, 2.24) is 9.88 Å². The summed E-state index contributed by atoms with van der Waals surface area (Å²) in [6.45, 7) is 0.835. The van der Waals surface area contributed by atoms with Crippen LogP contribution in [-0.4, -0.2) is 28.9 Å². The van der Waals surface area contributed by atoms with E-state index < -0.39 is 16.8 Å². The summed E-state index contributed by atoms with van der Waals surface area (Å²) in [4.78, 5) is 16.4. The number of carbonyl (C=O) groups is 1. The molecule has 7 heteroatoms. The molecule has 1 aliphatic rings. The van der Waals surface area contributed by atoms with Crippen molar-refractivity contribution < 1.29 is 13.6 Å². The Kier molecular flexibility index (Phi) is 3.25. The molecule has 0 bridgehead atoms. The van der Waals surface area contributed by atoms with Crippen molar-refractivity contribution in [3.05, 3.63) is 15.0 Å². The van der Waals surface area contributed by atoms with Crippen molar-refractivity contribution >= 4 is 33.2 Å². The number of hydrogen-bond acceptors (Lipinski definition) is 3. The van der Waals surface area contributed by atoms with E-state index in [0.717, 1.165) is 24.2 Å². The van der Waals surface area contributed by atoms with Crippen LogP contribution in [0.2, 0.25) is 0 Å². The Hall–Kier alpha value is -0.560. The van der Waals surface area contributed by atoms with Crippen molar-refractivity contribution in [2.45, 2.75) is 18.8 Å². The lowest BCUT2D eigenvalue weighted by atomic mass is 10.3. The molecular formula is C9H9BrF2N2OS. The lowest BCUT2D eigenvalue weighted by molar-refractivity contribution is -0.157. The van der Waals surface area contributed by atoms with Crippen LogP contribution in [0.5, 0.6) is 0 Å². The molecule has 1 saturated heterocycles. The van der Waals surface area contributed by atoms with Gasteiger partial charge in [-0.05, 0) is 28.8 Å². The molecule has 0 N–H and O–H groups in total. The lowest BCUT2D eigenvalue weighted by Crippen LogP contribution is -2.40. The highest BCUT2D eigenvalue weighted by molar-refractivity contribution is 9.10. The van der Waals surface area contributed by atoms with E-state index in [-0.39, 0.29) is 0 Å². The molecule has 1 aromatic rings. The molecule has 0 radical (unpaired) electrons. The Morgan fingerprint density at radius 3 is 2.62 bits per heavy atom. The highest BCUT2D eigenvalue weighted by Gasteiger charge is 2.47. The van der Waals surface area contributed by atoms with E-state index >= 15 is 0 Å². The normalized spacial score (nSPS) is 16.8. The standard InChI is InChI=1S/C9H9BrF2N2OS/c10-6-5-16-7(13-6)9(11,12)8(15)14-3-1-2-4-14/h5H,1-4H2. The lowest BCUT2D eigenvalue weighted by Gasteiger charge is -2.20.